The monoisotopic (exact) mass is 348 g/mol. The Hall–Kier alpha value is -2.15. The first-order chi connectivity index (χ1) is 12.0. The normalized spacial score (nSPS) is 31.4. The lowest BCUT2D eigenvalue weighted by molar-refractivity contribution is -0.151. The number of benzene rings is 1. The number of anilines is 1. The molecule has 3 saturated heterocycles. The molecule has 3 fully saturated rings. The first-order valence-electron chi connectivity index (χ1n) is 8.72. The summed E-state index contributed by atoms with van der Waals surface area (Å²) in [5.41, 5.74) is 0.931. The molecule has 0 saturated carbocycles. The molecule has 1 N–H and O–H groups in total. The van der Waals surface area contributed by atoms with Crippen molar-refractivity contribution in [1.29, 1.82) is 0 Å². The molecular formula is C18H21FN2O4. The number of ether oxygens (including phenoxy) is 1. The van der Waals surface area contributed by atoms with E-state index in [2.05, 4.69) is 4.90 Å². The maximum Gasteiger partial charge on any atom is 0.310 e. The van der Waals surface area contributed by atoms with Gasteiger partial charge in [0.05, 0.1) is 24.0 Å². The van der Waals surface area contributed by atoms with Crippen molar-refractivity contribution in [2.75, 3.05) is 31.1 Å². The summed E-state index contributed by atoms with van der Waals surface area (Å²) in [5.74, 6) is -2.59. The van der Waals surface area contributed by atoms with Gasteiger partial charge in [0.25, 0.3) is 0 Å². The Bertz CT molecular complexity index is 672. The van der Waals surface area contributed by atoms with Crippen molar-refractivity contribution in [2.24, 2.45) is 11.8 Å². The van der Waals surface area contributed by atoms with Crippen LogP contribution in [0.3, 0.4) is 0 Å². The number of rotatable bonds is 3. The molecule has 0 radical (unpaired) electrons. The number of carboxylic acid groups (broad SMARTS) is 1. The van der Waals surface area contributed by atoms with E-state index >= 15 is 0 Å². The fourth-order valence-corrected chi connectivity index (χ4v) is 4.35. The highest BCUT2D eigenvalue weighted by molar-refractivity contribution is 5.86. The van der Waals surface area contributed by atoms with Crippen LogP contribution >= 0.6 is 0 Å². The van der Waals surface area contributed by atoms with E-state index in [-0.39, 0.29) is 23.9 Å². The molecule has 7 heteroatoms. The molecule has 4 atom stereocenters. The molecule has 0 unspecified atom stereocenters. The molecule has 0 aromatic heterocycles. The van der Waals surface area contributed by atoms with Gasteiger partial charge in [0, 0.05) is 31.9 Å². The van der Waals surface area contributed by atoms with E-state index in [1.807, 2.05) is 0 Å². The minimum absolute atomic E-state index is 0.0987. The van der Waals surface area contributed by atoms with Gasteiger partial charge in [-0.2, -0.15) is 0 Å². The van der Waals surface area contributed by atoms with Crippen molar-refractivity contribution >= 4 is 17.6 Å². The van der Waals surface area contributed by atoms with Crippen LogP contribution in [0.5, 0.6) is 0 Å². The van der Waals surface area contributed by atoms with Crippen molar-refractivity contribution in [1.82, 2.24) is 4.90 Å². The van der Waals surface area contributed by atoms with Crippen LogP contribution in [-0.2, 0) is 14.3 Å². The summed E-state index contributed by atoms with van der Waals surface area (Å²) in [6.07, 6.45) is 0.912. The van der Waals surface area contributed by atoms with E-state index in [4.69, 9.17) is 4.74 Å². The van der Waals surface area contributed by atoms with Gasteiger partial charge in [-0.15, -0.1) is 0 Å². The Kier molecular flexibility index (Phi) is 4.11. The maximum atomic E-state index is 13.0. The zero-order valence-electron chi connectivity index (χ0n) is 13.8. The van der Waals surface area contributed by atoms with E-state index in [9.17, 15) is 19.1 Å². The predicted molar refractivity (Wildman–Crippen MR) is 87.7 cm³/mol. The van der Waals surface area contributed by atoms with Crippen LogP contribution in [-0.4, -0.2) is 60.3 Å². The van der Waals surface area contributed by atoms with Gasteiger partial charge in [0.2, 0.25) is 5.91 Å². The van der Waals surface area contributed by atoms with E-state index in [0.717, 1.165) is 18.5 Å². The number of fused-ring (bicyclic) bond motifs is 2. The maximum absolute atomic E-state index is 13.0. The zero-order chi connectivity index (χ0) is 17.6. The van der Waals surface area contributed by atoms with Gasteiger partial charge in [-0.3, -0.25) is 9.59 Å². The highest BCUT2D eigenvalue weighted by Crippen LogP contribution is 2.44. The van der Waals surface area contributed by atoms with E-state index in [0.29, 0.717) is 26.2 Å². The molecule has 0 aliphatic carbocycles. The number of carbonyl (C=O) groups excluding carboxylic acids is 1. The quantitative estimate of drug-likeness (QED) is 0.893. The van der Waals surface area contributed by atoms with Gasteiger partial charge in [-0.05, 0) is 37.1 Å². The van der Waals surface area contributed by atoms with Crippen molar-refractivity contribution in [3.05, 3.63) is 30.1 Å². The molecule has 1 aromatic rings. The molecule has 4 rings (SSSR count). The third-order valence-corrected chi connectivity index (χ3v) is 5.63. The molecule has 3 heterocycles. The number of piperazine rings is 1. The standard InChI is InChI=1S/C18H21FN2O4/c19-11-1-3-12(4-2-11)20-7-9-21(10-8-20)17(22)15-13-5-6-14(25-13)16(15)18(23)24/h1-4,13-16H,5-10H2,(H,23,24)/t13-,14+,15-,16-/m0/s1. The van der Waals surface area contributed by atoms with Gasteiger partial charge in [-0.1, -0.05) is 0 Å². The Morgan fingerprint density at radius 3 is 2.20 bits per heavy atom. The van der Waals surface area contributed by atoms with E-state index in [1.54, 1.807) is 17.0 Å². The van der Waals surface area contributed by atoms with Crippen molar-refractivity contribution in [2.45, 2.75) is 25.0 Å². The first-order valence-corrected chi connectivity index (χ1v) is 8.72. The zero-order valence-corrected chi connectivity index (χ0v) is 13.8. The lowest BCUT2D eigenvalue weighted by Crippen LogP contribution is -2.53. The molecule has 3 aliphatic heterocycles. The van der Waals surface area contributed by atoms with E-state index < -0.39 is 17.8 Å². The Labute approximate surface area is 145 Å². The van der Waals surface area contributed by atoms with Crippen molar-refractivity contribution < 1.29 is 23.8 Å². The smallest absolute Gasteiger partial charge is 0.310 e. The van der Waals surface area contributed by atoms with Crippen LogP contribution in [0.1, 0.15) is 12.8 Å². The number of hydrogen-bond acceptors (Lipinski definition) is 4. The average Bonchev–Trinajstić information content (AvgIpc) is 3.23. The van der Waals surface area contributed by atoms with Gasteiger partial charge in [-0.25, -0.2) is 4.39 Å². The summed E-state index contributed by atoms with van der Waals surface area (Å²) < 4.78 is 18.7. The molecule has 6 nitrogen and oxygen atoms in total. The fraction of sp³-hybridized carbons (Fsp3) is 0.556. The summed E-state index contributed by atoms with van der Waals surface area (Å²) in [4.78, 5) is 28.3. The van der Waals surface area contributed by atoms with Crippen LogP contribution < -0.4 is 4.90 Å². The van der Waals surface area contributed by atoms with Gasteiger partial charge >= 0.3 is 5.97 Å². The highest BCUT2D eigenvalue weighted by Gasteiger charge is 2.56. The number of amides is 1. The number of aliphatic carboxylic acids is 1. The highest BCUT2D eigenvalue weighted by atomic mass is 19.1. The second-order valence-electron chi connectivity index (χ2n) is 6.97. The van der Waals surface area contributed by atoms with Crippen LogP contribution in [0.25, 0.3) is 0 Å². The summed E-state index contributed by atoms with van der Waals surface area (Å²) in [5, 5.41) is 9.48. The Morgan fingerprint density at radius 2 is 1.60 bits per heavy atom. The predicted octanol–water partition coefficient (Wildman–Crippen LogP) is 1.35. The van der Waals surface area contributed by atoms with Gasteiger partial charge in [0.1, 0.15) is 5.82 Å². The lowest BCUT2D eigenvalue weighted by Gasteiger charge is -2.38. The third-order valence-electron chi connectivity index (χ3n) is 5.63. The number of hydrogen-bond donors (Lipinski definition) is 1. The minimum atomic E-state index is -0.935. The minimum Gasteiger partial charge on any atom is -0.481 e. The third kappa shape index (κ3) is 2.86. The van der Waals surface area contributed by atoms with E-state index in [1.165, 1.54) is 12.1 Å². The molecule has 25 heavy (non-hydrogen) atoms. The molecular weight excluding hydrogens is 327 g/mol. The second-order valence-corrected chi connectivity index (χ2v) is 6.97. The lowest BCUT2D eigenvalue weighted by atomic mass is 9.78. The second kappa shape index (κ2) is 6.29. The SMILES string of the molecule is O=C(O)[C@@H]1[C@@H](C(=O)N2CCN(c3ccc(F)cc3)CC2)[C@@H]2CC[C@H]1O2. The summed E-state index contributed by atoms with van der Waals surface area (Å²) in [6.45, 7) is 2.38. The molecule has 1 aromatic carbocycles. The molecule has 2 bridgehead atoms. The Balaban J connectivity index is 1.41. The van der Waals surface area contributed by atoms with Crippen LogP contribution in [0, 0.1) is 17.7 Å². The summed E-state index contributed by atoms with van der Waals surface area (Å²) in [7, 11) is 0. The van der Waals surface area contributed by atoms with Crippen LogP contribution in [0.15, 0.2) is 24.3 Å². The molecule has 0 spiro atoms. The molecule has 1 amide bonds. The molecule has 3 aliphatic rings. The molecule has 134 valence electrons. The van der Waals surface area contributed by atoms with Crippen molar-refractivity contribution in [3.63, 3.8) is 0 Å². The summed E-state index contributed by atoms with van der Waals surface area (Å²) >= 11 is 0. The van der Waals surface area contributed by atoms with Gasteiger partial charge < -0.3 is 19.6 Å². The van der Waals surface area contributed by atoms with Crippen molar-refractivity contribution in [3.8, 4) is 0 Å². The number of nitrogens with zero attached hydrogens (tertiary/aromatic N) is 2. The van der Waals surface area contributed by atoms with Crippen LogP contribution in [0.4, 0.5) is 10.1 Å². The summed E-state index contributed by atoms with van der Waals surface area (Å²) in [6, 6.07) is 6.32. The Morgan fingerprint density at radius 1 is 1.00 bits per heavy atom. The number of halogens is 1. The topological polar surface area (TPSA) is 70.1 Å². The average molecular weight is 348 g/mol. The van der Waals surface area contributed by atoms with Gasteiger partial charge in [0.15, 0.2) is 0 Å². The largest absolute Gasteiger partial charge is 0.481 e. The first kappa shape index (κ1) is 16.3. The van der Waals surface area contributed by atoms with Crippen LogP contribution in [0.2, 0.25) is 0 Å². The number of carboxylic acids is 1. The fourth-order valence-electron chi connectivity index (χ4n) is 4.35. The number of carbonyl (C=O) groups is 2.